The van der Waals surface area contributed by atoms with Gasteiger partial charge in [-0.3, -0.25) is 24.0 Å². The van der Waals surface area contributed by atoms with Gasteiger partial charge in [-0.05, 0) is 24.3 Å². The highest BCUT2D eigenvalue weighted by molar-refractivity contribution is 6.43. The molecule has 8 N–H and O–H groups in total. The molecule has 0 saturated heterocycles. The van der Waals surface area contributed by atoms with Crippen LogP contribution in [0.1, 0.15) is 29.8 Å². The number of halogens is 5. The second-order valence-electron chi connectivity index (χ2n) is 7.21. The summed E-state index contributed by atoms with van der Waals surface area (Å²) >= 11 is 22.8. The minimum Gasteiger partial charge on any atom is -0.481 e. The standard InChI is InChI=1S/C11H6Cl2N2O4.C6H6Cl2N2.C5H6O5.ClH/c12-4-1-6-7(2-5(4)13)15-11(19)10(14-6)8(16)3-9(17)18;7-3-1-5(9)6(10)2-4(3)8;6-3(5(9)10)1-2-4(7)8;/h1-2H,3H2,(H,15,19)(H,17,18);1-2H,9-10H2;1-2H2,(H,7,8)(H,9,10);1H. The number of nitrogens with zero attached hydrogens (tertiary/aromatic N) is 1. The van der Waals surface area contributed by atoms with Gasteiger partial charge >= 0.3 is 17.9 Å². The van der Waals surface area contributed by atoms with Gasteiger partial charge in [0.25, 0.3) is 5.56 Å². The Labute approximate surface area is 250 Å². The molecular weight excluding hydrogens is 642 g/mol. The fraction of sp³-hybridized carbons (Fsp3) is 0.136. The molecule has 0 aliphatic heterocycles. The average molecular weight is 661 g/mol. The van der Waals surface area contributed by atoms with Crippen LogP contribution in [-0.2, 0) is 19.2 Å². The molecule has 0 spiro atoms. The summed E-state index contributed by atoms with van der Waals surface area (Å²) in [7, 11) is 0. The first-order chi connectivity index (χ1) is 18.0. The number of Topliss-reactive ketones (excluding diaryl/α,β-unsaturated/α-hetero) is 2. The number of benzene rings is 2. The molecule has 2 aromatic carbocycles. The molecule has 1 heterocycles. The van der Waals surface area contributed by atoms with Crippen LogP contribution < -0.4 is 17.0 Å². The van der Waals surface area contributed by atoms with E-state index >= 15 is 0 Å². The predicted molar refractivity (Wildman–Crippen MR) is 151 cm³/mol. The number of nitrogens with one attached hydrogen (secondary N) is 1. The summed E-state index contributed by atoms with van der Waals surface area (Å²) in [6.07, 6.45) is -1.67. The van der Waals surface area contributed by atoms with Crippen molar-refractivity contribution in [1.29, 1.82) is 0 Å². The van der Waals surface area contributed by atoms with Crippen LogP contribution in [0.3, 0.4) is 0 Å². The Morgan fingerprint density at radius 1 is 0.775 bits per heavy atom. The van der Waals surface area contributed by atoms with Crippen molar-refractivity contribution in [2.45, 2.75) is 19.3 Å². The number of hydrogen-bond acceptors (Lipinski definition) is 9. The number of carbonyl (C=O) groups is 5. The monoisotopic (exact) mass is 658 g/mol. The van der Waals surface area contributed by atoms with E-state index in [4.69, 9.17) is 73.2 Å². The van der Waals surface area contributed by atoms with Crippen molar-refractivity contribution in [3.63, 3.8) is 0 Å². The summed E-state index contributed by atoms with van der Waals surface area (Å²) in [4.78, 5) is 69.6. The van der Waals surface area contributed by atoms with Gasteiger partial charge in [0.05, 0.1) is 48.9 Å². The largest absolute Gasteiger partial charge is 0.481 e. The van der Waals surface area contributed by atoms with Crippen molar-refractivity contribution in [2.24, 2.45) is 0 Å². The minimum absolute atomic E-state index is 0. The number of fused-ring (bicyclic) bond motifs is 1. The predicted octanol–water partition coefficient (Wildman–Crippen LogP) is 3.97. The highest BCUT2D eigenvalue weighted by Crippen LogP contribution is 2.28. The summed E-state index contributed by atoms with van der Waals surface area (Å²) in [6, 6.07) is 5.84. The summed E-state index contributed by atoms with van der Waals surface area (Å²) in [5.74, 6) is -6.03. The van der Waals surface area contributed by atoms with E-state index in [0.29, 0.717) is 26.9 Å². The summed E-state index contributed by atoms with van der Waals surface area (Å²) < 4.78 is 0. The van der Waals surface area contributed by atoms with E-state index in [1.807, 2.05) is 0 Å². The second kappa shape index (κ2) is 16.5. The first kappa shape index (κ1) is 36.4. The smallest absolute Gasteiger partial charge is 0.372 e. The summed E-state index contributed by atoms with van der Waals surface area (Å²) in [6.45, 7) is 0. The van der Waals surface area contributed by atoms with Crippen molar-refractivity contribution in [3.05, 3.63) is 60.4 Å². The number of nitrogen functional groups attached to an aromatic ring is 2. The molecule has 0 bridgehead atoms. The molecule has 0 amide bonds. The molecule has 13 nitrogen and oxygen atoms in total. The number of nitrogens with two attached hydrogens (primary N) is 2. The normalized spacial score (nSPS) is 9.70. The Bertz CT molecular complexity index is 1460. The highest BCUT2D eigenvalue weighted by Gasteiger charge is 2.17. The van der Waals surface area contributed by atoms with Crippen LogP contribution in [0.5, 0.6) is 0 Å². The molecule has 3 aromatic rings. The lowest BCUT2D eigenvalue weighted by Crippen LogP contribution is -2.22. The number of hydrogen-bond donors (Lipinski definition) is 6. The second-order valence-corrected chi connectivity index (χ2v) is 8.84. The SMILES string of the molecule is Cl.Nc1cc(Cl)c(Cl)cc1N.O=C(O)CC(=O)c1nc2cc(Cl)c(Cl)cc2[nH]c1=O.O=C(O)CCC(=O)C(=O)O. The number of carboxylic acid groups (broad SMARTS) is 3. The Morgan fingerprint density at radius 3 is 1.70 bits per heavy atom. The lowest BCUT2D eigenvalue weighted by Gasteiger charge is -2.02. The van der Waals surface area contributed by atoms with Crippen LogP contribution in [0.4, 0.5) is 11.4 Å². The van der Waals surface area contributed by atoms with E-state index in [1.165, 1.54) is 24.3 Å². The number of aliphatic carboxylic acids is 3. The maximum absolute atomic E-state index is 11.6. The van der Waals surface area contributed by atoms with Crippen LogP contribution in [0.25, 0.3) is 11.0 Å². The third kappa shape index (κ3) is 11.6. The molecule has 3 rings (SSSR count). The third-order valence-electron chi connectivity index (χ3n) is 4.24. The van der Waals surface area contributed by atoms with Crippen molar-refractivity contribution in [2.75, 3.05) is 11.5 Å². The van der Waals surface area contributed by atoms with Gasteiger partial charge in [0.15, 0.2) is 11.5 Å². The van der Waals surface area contributed by atoms with Gasteiger partial charge in [-0.25, -0.2) is 9.78 Å². The zero-order chi connectivity index (χ0) is 30.0. The van der Waals surface area contributed by atoms with Crippen LogP contribution >= 0.6 is 58.8 Å². The van der Waals surface area contributed by atoms with E-state index in [0.717, 1.165) is 0 Å². The van der Waals surface area contributed by atoms with Gasteiger partial charge in [-0.2, -0.15) is 0 Å². The molecule has 0 saturated carbocycles. The van der Waals surface area contributed by atoms with Gasteiger partial charge in [-0.1, -0.05) is 46.4 Å². The molecule has 0 fully saturated rings. The zero-order valence-electron chi connectivity index (χ0n) is 19.7. The Morgan fingerprint density at radius 2 is 1.25 bits per heavy atom. The van der Waals surface area contributed by atoms with E-state index in [9.17, 15) is 28.8 Å². The average Bonchev–Trinajstić information content (AvgIpc) is 2.82. The maximum Gasteiger partial charge on any atom is 0.372 e. The fourth-order valence-electron chi connectivity index (χ4n) is 2.40. The Balaban J connectivity index is 0.000000618. The number of anilines is 2. The molecular formula is C22H19Cl5N4O9. The molecule has 0 aliphatic carbocycles. The summed E-state index contributed by atoms with van der Waals surface area (Å²) in [5, 5.41) is 25.8. The van der Waals surface area contributed by atoms with Gasteiger partial charge in [0, 0.05) is 6.42 Å². The molecule has 0 radical (unpaired) electrons. The molecule has 216 valence electrons. The molecule has 0 unspecified atom stereocenters. The van der Waals surface area contributed by atoms with Crippen LogP contribution in [0.15, 0.2) is 29.1 Å². The van der Waals surface area contributed by atoms with Crippen LogP contribution in [-0.4, -0.2) is 54.8 Å². The van der Waals surface area contributed by atoms with Crippen molar-refractivity contribution in [1.82, 2.24) is 9.97 Å². The Hall–Kier alpha value is -3.62. The first-order valence-electron chi connectivity index (χ1n) is 10.1. The van der Waals surface area contributed by atoms with Crippen LogP contribution in [0, 0.1) is 0 Å². The first-order valence-corrected chi connectivity index (χ1v) is 11.7. The molecule has 1 aromatic heterocycles. The topological polar surface area (TPSA) is 244 Å². The number of H-pyrrole nitrogens is 1. The van der Waals surface area contributed by atoms with E-state index < -0.39 is 60.0 Å². The lowest BCUT2D eigenvalue weighted by molar-refractivity contribution is -0.149. The highest BCUT2D eigenvalue weighted by atomic mass is 35.5. The molecule has 0 aliphatic rings. The fourth-order valence-corrected chi connectivity index (χ4v) is 3.06. The Kier molecular flexibility index (Phi) is 15.0. The number of rotatable bonds is 7. The van der Waals surface area contributed by atoms with Gasteiger partial charge < -0.3 is 31.8 Å². The van der Waals surface area contributed by atoms with Gasteiger partial charge in [0.1, 0.15) is 6.42 Å². The maximum atomic E-state index is 11.6. The van der Waals surface area contributed by atoms with Crippen molar-refractivity contribution < 1.29 is 39.3 Å². The number of aromatic amines is 1. The van der Waals surface area contributed by atoms with E-state index in [2.05, 4.69) is 9.97 Å². The summed E-state index contributed by atoms with van der Waals surface area (Å²) in [5.41, 5.74) is 11.1. The van der Waals surface area contributed by atoms with Gasteiger partial charge in [-0.15, -0.1) is 12.4 Å². The van der Waals surface area contributed by atoms with Gasteiger partial charge in [0.2, 0.25) is 5.78 Å². The third-order valence-corrected chi connectivity index (χ3v) is 5.68. The van der Waals surface area contributed by atoms with Crippen molar-refractivity contribution in [3.8, 4) is 0 Å². The lowest BCUT2D eigenvalue weighted by atomic mass is 10.2. The van der Waals surface area contributed by atoms with Crippen molar-refractivity contribution >= 4 is 111 Å². The number of carboxylic acids is 3. The number of ketones is 2. The minimum atomic E-state index is -1.58. The number of aromatic nitrogens is 2. The molecule has 0 atom stereocenters. The molecule has 18 heteroatoms. The quantitative estimate of drug-likeness (QED) is 0.0912. The molecule has 40 heavy (non-hydrogen) atoms. The number of carbonyl (C=O) groups excluding carboxylic acids is 2. The van der Waals surface area contributed by atoms with Crippen LogP contribution in [0.2, 0.25) is 20.1 Å². The van der Waals surface area contributed by atoms with E-state index in [-0.39, 0.29) is 28.0 Å². The zero-order valence-corrected chi connectivity index (χ0v) is 23.6. The van der Waals surface area contributed by atoms with E-state index in [1.54, 1.807) is 0 Å².